The molecule has 2 fully saturated rings. The maximum atomic E-state index is 13.3. The maximum absolute atomic E-state index is 13.3. The van der Waals surface area contributed by atoms with E-state index in [2.05, 4.69) is 47.2 Å². The Hall–Kier alpha value is -3.81. The summed E-state index contributed by atoms with van der Waals surface area (Å²) >= 11 is 0. The summed E-state index contributed by atoms with van der Waals surface area (Å²) in [5.74, 6) is 1.06. The van der Waals surface area contributed by atoms with Crippen LogP contribution in [-0.4, -0.2) is 53.3 Å². The number of likely N-dealkylation sites (tertiary alicyclic amines) is 1. The van der Waals surface area contributed by atoms with Crippen LogP contribution in [0, 0.1) is 18.8 Å². The van der Waals surface area contributed by atoms with Crippen molar-refractivity contribution < 1.29 is 14.0 Å². The van der Waals surface area contributed by atoms with Crippen LogP contribution in [0.1, 0.15) is 43.1 Å². The van der Waals surface area contributed by atoms with Crippen LogP contribution in [0.2, 0.25) is 0 Å². The van der Waals surface area contributed by atoms with Gasteiger partial charge in [0.05, 0.1) is 18.7 Å². The molecule has 8 nitrogen and oxygen atoms in total. The molecule has 38 heavy (non-hydrogen) atoms. The molecule has 3 heterocycles. The summed E-state index contributed by atoms with van der Waals surface area (Å²) in [4.78, 5) is 35.2. The molecule has 0 radical (unpaired) electrons. The number of rotatable bonds is 8. The van der Waals surface area contributed by atoms with E-state index in [9.17, 15) is 9.59 Å². The number of oxazole rings is 1. The van der Waals surface area contributed by atoms with Crippen molar-refractivity contribution in [2.75, 3.05) is 36.9 Å². The molecular formula is C30H37N5O3. The third-order valence-electron chi connectivity index (χ3n) is 7.80. The van der Waals surface area contributed by atoms with E-state index < -0.39 is 0 Å². The van der Waals surface area contributed by atoms with Gasteiger partial charge < -0.3 is 24.4 Å². The number of aromatic nitrogens is 1. The standard InChI is InChI=1S/C30H37N5O3/c1-21-10-12-34(13-11-21)26-8-9-28(22(2)14-26)32-25-6-4-23(5-7-25)17-35(19-27-16-31-20-38-27)30(37)24-15-29(36)33(3)18-24/h4-9,14,16,20-21,24,32H,10-13,15,17-19H2,1-3H3. The van der Waals surface area contributed by atoms with Crippen molar-refractivity contribution in [3.8, 4) is 0 Å². The zero-order valence-corrected chi connectivity index (χ0v) is 22.5. The van der Waals surface area contributed by atoms with E-state index in [0.717, 1.165) is 35.9 Å². The van der Waals surface area contributed by atoms with E-state index in [1.54, 1.807) is 23.0 Å². The number of carbonyl (C=O) groups excluding carboxylic acids is 2. The van der Waals surface area contributed by atoms with Gasteiger partial charge in [-0.2, -0.15) is 0 Å². The van der Waals surface area contributed by atoms with Gasteiger partial charge in [-0.1, -0.05) is 19.1 Å². The minimum Gasteiger partial charge on any atom is -0.447 e. The average Bonchev–Trinajstić information content (AvgIpc) is 3.55. The SMILES string of the molecule is Cc1cc(N2CCC(C)CC2)ccc1Nc1ccc(CN(Cc2cnco2)C(=O)C2CC(=O)N(C)C2)cc1. The molecular weight excluding hydrogens is 478 g/mol. The highest BCUT2D eigenvalue weighted by Crippen LogP contribution is 2.29. The number of aryl methyl sites for hydroxylation is 1. The third kappa shape index (κ3) is 6.01. The normalized spacial score (nSPS) is 18.2. The van der Waals surface area contributed by atoms with Crippen LogP contribution in [0.5, 0.6) is 0 Å². The van der Waals surface area contributed by atoms with Crippen LogP contribution in [0.15, 0.2) is 59.5 Å². The van der Waals surface area contributed by atoms with Gasteiger partial charge in [-0.15, -0.1) is 0 Å². The van der Waals surface area contributed by atoms with Gasteiger partial charge in [0.25, 0.3) is 0 Å². The topological polar surface area (TPSA) is 81.9 Å². The quantitative estimate of drug-likeness (QED) is 0.456. The summed E-state index contributed by atoms with van der Waals surface area (Å²) < 4.78 is 5.41. The Labute approximate surface area is 224 Å². The van der Waals surface area contributed by atoms with Gasteiger partial charge >= 0.3 is 0 Å². The molecule has 1 aromatic heterocycles. The van der Waals surface area contributed by atoms with Crippen molar-refractivity contribution in [3.63, 3.8) is 0 Å². The first-order chi connectivity index (χ1) is 18.4. The van der Waals surface area contributed by atoms with Crippen LogP contribution in [0.3, 0.4) is 0 Å². The van der Waals surface area contributed by atoms with Gasteiger partial charge in [0.1, 0.15) is 5.76 Å². The highest BCUT2D eigenvalue weighted by atomic mass is 16.3. The molecule has 5 rings (SSSR count). The van der Waals surface area contributed by atoms with Gasteiger partial charge in [-0.25, -0.2) is 4.98 Å². The second kappa shape index (κ2) is 11.3. The molecule has 1 N–H and O–H groups in total. The molecule has 3 aromatic rings. The number of nitrogens with one attached hydrogen (secondary N) is 1. The van der Waals surface area contributed by atoms with E-state index in [-0.39, 0.29) is 24.2 Å². The Balaban J connectivity index is 1.24. The van der Waals surface area contributed by atoms with Gasteiger partial charge in [0, 0.05) is 56.7 Å². The molecule has 0 saturated carbocycles. The van der Waals surface area contributed by atoms with E-state index in [4.69, 9.17) is 4.42 Å². The van der Waals surface area contributed by atoms with Gasteiger partial charge in [-0.3, -0.25) is 9.59 Å². The molecule has 1 atom stereocenters. The fourth-order valence-electron chi connectivity index (χ4n) is 5.33. The number of piperidine rings is 1. The van der Waals surface area contributed by atoms with Gasteiger partial charge in [0.2, 0.25) is 11.8 Å². The van der Waals surface area contributed by atoms with Crippen molar-refractivity contribution in [3.05, 3.63) is 71.9 Å². The molecule has 1 unspecified atom stereocenters. The fourth-order valence-corrected chi connectivity index (χ4v) is 5.33. The van der Waals surface area contributed by atoms with Crippen molar-refractivity contribution in [1.82, 2.24) is 14.8 Å². The number of nitrogens with zero attached hydrogens (tertiary/aromatic N) is 4. The van der Waals surface area contributed by atoms with Crippen molar-refractivity contribution >= 4 is 28.9 Å². The summed E-state index contributed by atoms with van der Waals surface area (Å²) in [5.41, 5.74) is 5.59. The van der Waals surface area contributed by atoms with Crippen molar-refractivity contribution in [2.24, 2.45) is 11.8 Å². The van der Waals surface area contributed by atoms with Crippen LogP contribution in [-0.2, 0) is 22.7 Å². The van der Waals surface area contributed by atoms with E-state index in [1.165, 1.54) is 30.5 Å². The Morgan fingerprint density at radius 3 is 2.53 bits per heavy atom. The number of benzene rings is 2. The molecule has 0 bridgehead atoms. The minimum atomic E-state index is -0.337. The maximum Gasteiger partial charge on any atom is 0.228 e. The monoisotopic (exact) mass is 515 g/mol. The van der Waals surface area contributed by atoms with Gasteiger partial charge in [0.15, 0.2) is 6.39 Å². The number of carbonyl (C=O) groups is 2. The summed E-state index contributed by atoms with van der Waals surface area (Å²) in [5, 5.41) is 3.54. The van der Waals surface area contributed by atoms with E-state index in [0.29, 0.717) is 25.4 Å². The first-order valence-electron chi connectivity index (χ1n) is 13.5. The van der Waals surface area contributed by atoms with Crippen LogP contribution >= 0.6 is 0 Å². The largest absolute Gasteiger partial charge is 0.447 e. The fraction of sp³-hybridized carbons (Fsp3) is 0.433. The van der Waals surface area contributed by atoms with Crippen LogP contribution < -0.4 is 10.2 Å². The number of amides is 2. The number of hydrogen-bond donors (Lipinski definition) is 1. The number of anilines is 3. The molecule has 8 heteroatoms. The zero-order valence-electron chi connectivity index (χ0n) is 22.5. The zero-order chi connectivity index (χ0) is 26.6. The summed E-state index contributed by atoms with van der Waals surface area (Å²) in [7, 11) is 1.74. The minimum absolute atomic E-state index is 0.00671. The second-order valence-electron chi connectivity index (χ2n) is 10.8. The lowest BCUT2D eigenvalue weighted by Gasteiger charge is -2.32. The smallest absolute Gasteiger partial charge is 0.228 e. The predicted molar refractivity (Wildman–Crippen MR) is 148 cm³/mol. The molecule has 2 aliphatic rings. The third-order valence-corrected chi connectivity index (χ3v) is 7.80. The second-order valence-corrected chi connectivity index (χ2v) is 10.8. The first kappa shape index (κ1) is 25.8. The Morgan fingerprint density at radius 1 is 1.13 bits per heavy atom. The highest BCUT2D eigenvalue weighted by molar-refractivity contribution is 5.89. The lowest BCUT2D eigenvalue weighted by Crippen LogP contribution is -2.36. The number of hydrogen-bond acceptors (Lipinski definition) is 6. The van der Waals surface area contributed by atoms with E-state index >= 15 is 0 Å². The molecule has 2 aliphatic heterocycles. The Morgan fingerprint density at radius 2 is 1.89 bits per heavy atom. The molecule has 2 aromatic carbocycles. The molecule has 2 amide bonds. The first-order valence-corrected chi connectivity index (χ1v) is 13.5. The highest BCUT2D eigenvalue weighted by Gasteiger charge is 2.35. The predicted octanol–water partition coefficient (Wildman–Crippen LogP) is 4.97. The summed E-state index contributed by atoms with van der Waals surface area (Å²) in [6, 6.07) is 14.8. The molecule has 0 aliphatic carbocycles. The Bertz CT molecular complexity index is 1250. The lowest BCUT2D eigenvalue weighted by atomic mass is 9.98. The van der Waals surface area contributed by atoms with Crippen LogP contribution in [0.25, 0.3) is 0 Å². The molecule has 2 saturated heterocycles. The average molecular weight is 516 g/mol. The van der Waals surface area contributed by atoms with Gasteiger partial charge in [-0.05, 0) is 67.1 Å². The molecule has 200 valence electrons. The van der Waals surface area contributed by atoms with E-state index in [1.807, 2.05) is 24.3 Å². The summed E-state index contributed by atoms with van der Waals surface area (Å²) in [6.45, 7) is 7.92. The lowest BCUT2D eigenvalue weighted by molar-refractivity contribution is -0.137. The Kier molecular flexibility index (Phi) is 7.67. The molecule has 0 spiro atoms. The summed E-state index contributed by atoms with van der Waals surface area (Å²) in [6.07, 6.45) is 5.75. The van der Waals surface area contributed by atoms with Crippen molar-refractivity contribution in [1.29, 1.82) is 0 Å². The van der Waals surface area contributed by atoms with Crippen molar-refractivity contribution in [2.45, 2.75) is 46.2 Å². The van der Waals surface area contributed by atoms with Crippen LogP contribution in [0.4, 0.5) is 17.1 Å².